The molecule has 1 aromatic rings. The molecule has 0 fully saturated rings. The highest BCUT2D eigenvalue weighted by molar-refractivity contribution is 6.31. The molecule has 0 aliphatic rings. The Balaban J connectivity index is 2.91. The summed E-state index contributed by atoms with van der Waals surface area (Å²) in [6, 6.07) is 1.65. The van der Waals surface area contributed by atoms with Gasteiger partial charge in [0.25, 0.3) is 0 Å². The quantitative estimate of drug-likeness (QED) is 0.776. The van der Waals surface area contributed by atoms with Gasteiger partial charge in [0, 0.05) is 6.20 Å². The summed E-state index contributed by atoms with van der Waals surface area (Å²) in [4.78, 5) is 14.6. The van der Waals surface area contributed by atoms with E-state index in [-0.39, 0.29) is 12.4 Å². The van der Waals surface area contributed by atoms with Crippen LogP contribution in [-0.2, 0) is 11.4 Å². The fourth-order valence-electron chi connectivity index (χ4n) is 0.902. The van der Waals surface area contributed by atoms with Crippen LogP contribution in [0.4, 0.5) is 0 Å². The van der Waals surface area contributed by atoms with Crippen LogP contribution in [0.2, 0.25) is 5.02 Å². The summed E-state index contributed by atoms with van der Waals surface area (Å²) in [6.07, 6.45) is 4.62. The fourth-order valence-corrected chi connectivity index (χ4v) is 1.14. The maximum absolute atomic E-state index is 10.6. The van der Waals surface area contributed by atoms with E-state index in [1.54, 1.807) is 18.3 Å². The number of pyridine rings is 1. The number of aromatic nitrogens is 1. The standard InChI is InChI=1S/C10H10ClNO2/c1-7(14)2-3-8-4-9(11)10(6-13)12-5-8/h2-5,13H,6H2,1H3/b3-2+. The smallest absolute Gasteiger partial charge is 0.152 e. The van der Waals surface area contributed by atoms with Gasteiger partial charge in [0.1, 0.15) is 0 Å². The van der Waals surface area contributed by atoms with Crippen LogP contribution >= 0.6 is 11.6 Å². The molecule has 0 aliphatic carbocycles. The molecule has 0 atom stereocenters. The van der Waals surface area contributed by atoms with Gasteiger partial charge in [-0.3, -0.25) is 9.78 Å². The van der Waals surface area contributed by atoms with Gasteiger partial charge in [0.2, 0.25) is 0 Å². The molecule has 0 amide bonds. The molecule has 0 aromatic carbocycles. The van der Waals surface area contributed by atoms with Crippen molar-refractivity contribution in [1.29, 1.82) is 0 Å². The van der Waals surface area contributed by atoms with Crippen molar-refractivity contribution in [3.05, 3.63) is 34.6 Å². The zero-order valence-electron chi connectivity index (χ0n) is 7.70. The predicted octanol–water partition coefficient (Wildman–Crippen LogP) is 1.83. The van der Waals surface area contributed by atoms with Crippen molar-refractivity contribution in [3.63, 3.8) is 0 Å². The van der Waals surface area contributed by atoms with Gasteiger partial charge in [-0.15, -0.1) is 0 Å². The minimum atomic E-state index is -0.185. The number of hydrogen-bond acceptors (Lipinski definition) is 3. The van der Waals surface area contributed by atoms with E-state index in [4.69, 9.17) is 16.7 Å². The summed E-state index contributed by atoms with van der Waals surface area (Å²) < 4.78 is 0. The second-order valence-electron chi connectivity index (χ2n) is 2.80. The Morgan fingerprint density at radius 2 is 2.43 bits per heavy atom. The van der Waals surface area contributed by atoms with Crippen LogP contribution < -0.4 is 0 Å². The Bertz CT molecular complexity index is 374. The number of aliphatic hydroxyl groups is 1. The average Bonchev–Trinajstić information content (AvgIpc) is 2.15. The van der Waals surface area contributed by atoms with E-state index in [2.05, 4.69) is 4.98 Å². The molecule has 0 saturated heterocycles. The first kappa shape index (κ1) is 10.9. The molecule has 0 bridgehead atoms. The van der Waals surface area contributed by atoms with E-state index < -0.39 is 0 Å². The van der Waals surface area contributed by atoms with Crippen molar-refractivity contribution in [1.82, 2.24) is 4.98 Å². The molecule has 1 rings (SSSR count). The second-order valence-corrected chi connectivity index (χ2v) is 3.21. The molecule has 0 unspecified atom stereocenters. The number of carbonyl (C=O) groups is 1. The van der Waals surface area contributed by atoms with E-state index >= 15 is 0 Å². The SMILES string of the molecule is CC(=O)/C=C/c1cnc(CO)c(Cl)c1. The predicted molar refractivity (Wildman–Crippen MR) is 54.9 cm³/mol. The van der Waals surface area contributed by atoms with Gasteiger partial charge in [-0.25, -0.2) is 0 Å². The number of halogens is 1. The van der Waals surface area contributed by atoms with Crippen LogP contribution in [0.1, 0.15) is 18.2 Å². The summed E-state index contributed by atoms with van der Waals surface area (Å²) in [5.74, 6) is -0.0349. The monoisotopic (exact) mass is 211 g/mol. The molecule has 4 heteroatoms. The molecule has 1 heterocycles. The fraction of sp³-hybridized carbons (Fsp3) is 0.200. The first-order valence-electron chi connectivity index (χ1n) is 4.07. The zero-order chi connectivity index (χ0) is 10.6. The van der Waals surface area contributed by atoms with Crippen LogP contribution in [0.25, 0.3) is 6.08 Å². The van der Waals surface area contributed by atoms with Crippen molar-refractivity contribution in [2.45, 2.75) is 13.5 Å². The Morgan fingerprint density at radius 1 is 1.71 bits per heavy atom. The van der Waals surface area contributed by atoms with Crippen LogP contribution in [0.5, 0.6) is 0 Å². The lowest BCUT2D eigenvalue weighted by atomic mass is 10.2. The molecule has 0 radical (unpaired) electrons. The van der Waals surface area contributed by atoms with Gasteiger partial charge in [-0.2, -0.15) is 0 Å². The zero-order valence-corrected chi connectivity index (χ0v) is 8.45. The maximum Gasteiger partial charge on any atom is 0.152 e. The topological polar surface area (TPSA) is 50.2 Å². The van der Waals surface area contributed by atoms with Crippen molar-refractivity contribution >= 4 is 23.5 Å². The van der Waals surface area contributed by atoms with Gasteiger partial charge in [-0.05, 0) is 30.7 Å². The molecule has 0 aliphatic heterocycles. The summed E-state index contributed by atoms with van der Waals surface area (Å²) >= 11 is 5.80. The maximum atomic E-state index is 10.6. The van der Waals surface area contributed by atoms with Gasteiger partial charge >= 0.3 is 0 Å². The van der Waals surface area contributed by atoms with Crippen molar-refractivity contribution in [3.8, 4) is 0 Å². The third-order valence-electron chi connectivity index (χ3n) is 1.60. The van der Waals surface area contributed by atoms with Crippen LogP contribution in [0.15, 0.2) is 18.3 Å². The Kier molecular flexibility index (Phi) is 3.80. The van der Waals surface area contributed by atoms with Gasteiger partial charge in [-0.1, -0.05) is 11.6 Å². The summed E-state index contributed by atoms with van der Waals surface area (Å²) in [7, 11) is 0. The van der Waals surface area contributed by atoms with E-state index in [9.17, 15) is 4.79 Å². The molecule has 14 heavy (non-hydrogen) atoms. The van der Waals surface area contributed by atoms with Crippen molar-refractivity contribution in [2.24, 2.45) is 0 Å². The number of nitrogens with zero attached hydrogens (tertiary/aromatic N) is 1. The number of ketones is 1. The van der Waals surface area contributed by atoms with Gasteiger partial charge in [0.15, 0.2) is 5.78 Å². The average molecular weight is 212 g/mol. The Morgan fingerprint density at radius 3 is 2.93 bits per heavy atom. The molecule has 0 saturated carbocycles. The summed E-state index contributed by atoms with van der Waals surface area (Å²) in [5, 5.41) is 9.21. The number of carbonyl (C=O) groups excluding carboxylic acids is 1. The van der Waals surface area contributed by atoms with Gasteiger partial charge < -0.3 is 5.11 Å². The first-order chi connectivity index (χ1) is 6.63. The highest BCUT2D eigenvalue weighted by Crippen LogP contribution is 2.15. The molecule has 1 N–H and O–H groups in total. The third kappa shape index (κ3) is 2.94. The molecular formula is C10H10ClNO2. The van der Waals surface area contributed by atoms with E-state index in [0.29, 0.717) is 10.7 Å². The van der Waals surface area contributed by atoms with Crippen LogP contribution in [-0.4, -0.2) is 15.9 Å². The van der Waals surface area contributed by atoms with E-state index in [0.717, 1.165) is 5.56 Å². The lowest BCUT2D eigenvalue weighted by molar-refractivity contribution is -0.112. The molecule has 74 valence electrons. The number of aliphatic hydroxyl groups excluding tert-OH is 1. The second kappa shape index (κ2) is 4.88. The molecular weight excluding hydrogens is 202 g/mol. The third-order valence-corrected chi connectivity index (χ3v) is 1.93. The first-order valence-corrected chi connectivity index (χ1v) is 4.45. The van der Waals surface area contributed by atoms with Gasteiger partial charge in [0.05, 0.1) is 17.3 Å². The van der Waals surface area contributed by atoms with Crippen molar-refractivity contribution in [2.75, 3.05) is 0 Å². The molecule has 0 spiro atoms. The lowest BCUT2D eigenvalue weighted by Gasteiger charge is -1.99. The molecule has 1 aromatic heterocycles. The number of allylic oxidation sites excluding steroid dienone is 1. The normalized spacial score (nSPS) is 10.8. The number of hydrogen-bond donors (Lipinski definition) is 1. The highest BCUT2D eigenvalue weighted by atomic mass is 35.5. The summed E-state index contributed by atoms with van der Waals surface area (Å²) in [5.41, 5.74) is 1.18. The van der Waals surface area contributed by atoms with Crippen LogP contribution in [0, 0.1) is 0 Å². The Labute approximate surface area is 87.0 Å². The van der Waals surface area contributed by atoms with Crippen LogP contribution in [0.3, 0.4) is 0 Å². The van der Waals surface area contributed by atoms with E-state index in [1.807, 2.05) is 0 Å². The largest absolute Gasteiger partial charge is 0.390 e. The highest BCUT2D eigenvalue weighted by Gasteiger charge is 2.00. The molecule has 3 nitrogen and oxygen atoms in total. The van der Waals surface area contributed by atoms with Crippen molar-refractivity contribution < 1.29 is 9.90 Å². The Hall–Kier alpha value is -1.19. The van der Waals surface area contributed by atoms with E-state index in [1.165, 1.54) is 13.0 Å². The minimum Gasteiger partial charge on any atom is -0.390 e. The lowest BCUT2D eigenvalue weighted by Crippen LogP contribution is -1.91. The number of rotatable bonds is 3. The minimum absolute atomic E-state index is 0.0349. The summed E-state index contributed by atoms with van der Waals surface area (Å²) in [6.45, 7) is 1.28.